The second-order valence-electron chi connectivity index (χ2n) is 7.11. The summed E-state index contributed by atoms with van der Waals surface area (Å²) in [5, 5.41) is 3.65. The monoisotopic (exact) mass is 371 g/mol. The van der Waals surface area contributed by atoms with Crippen LogP contribution in [0.2, 0.25) is 0 Å². The Hall–Kier alpha value is 0.140. The van der Waals surface area contributed by atoms with Crippen LogP contribution in [0.5, 0.6) is 0 Å². The van der Waals surface area contributed by atoms with Crippen LogP contribution in [0.25, 0.3) is 0 Å². The molecule has 120 valence electrons. The molecule has 0 amide bonds. The maximum atomic E-state index is 3.65. The third-order valence-electron chi connectivity index (χ3n) is 4.83. The maximum absolute atomic E-state index is 3.65. The lowest BCUT2D eigenvalue weighted by Crippen LogP contribution is -2.31. The average molecular weight is 372 g/mol. The number of halogens is 1. The summed E-state index contributed by atoms with van der Waals surface area (Å²) in [6, 6.07) is 4.49. The Morgan fingerprint density at radius 2 is 1.95 bits per heavy atom. The molecule has 0 saturated heterocycles. The zero-order valence-corrected chi connectivity index (χ0v) is 16.0. The van der Waals surface area contributed by atoms with E-state index in [2.05, 4.69) is 47.2 Å². The van der Waals surface area contributed by atoms with Crippen molar-refractivity contribution in [2.45, 2.75) is 65.2 Å². The van der Waals surface area contributed by atoms with Crippen LogP contribution in [0.4, 0.5) is 0 Å². The fraction of sp³-hybridized carbons (Fsp3) is 0.778. The molecule has 2 rings (SSSR count). The van der Waals surface area contributed by atoms with Crippen molar-refractivity contribution in [3.8, 4) is 0 Å². The molecule has 0 unspecified atom stereocenters. The number of nitrogens with one attached hydrogen (secondary N) is 1. The van der Waals surface area contributed by atoms with E-state index in [1.165, 1.54) is 61.7 Å². The summed E-state index contributed by atoms with van der Waals surface area (Å²) in [6.45, 7) is 6.94. The standard InChI is InChI=1S/C18H30BrNS/c1-15(2)14-20-13-12-18(9-4-3-5-10-18)11-8-16-6-7-17(19)21-16/h6-7,15,20H,3-5,8-14H2,1-2H3. The van der Waals surface area contributed by atoms with Crippen LogP contribution < -0.4 is 5.32 Å². The quantitative estimate of drug-likeness (QED) is 0.550. The normalized spacial score (nSPS) is 18.3. The fourth-order valence-corrected chi connectivity index (χ4v) is 5.03. The van der Waals surface area contributed by atoms with Gasteiger partial charge in [-0.25, -0.2) is 0 Å². The van der Waals surface area contributed by atoms with Crippen molar-refractivity contribution >= 4 is 27.3 Å². The van der Waals surface area contributed by atoms with Gasteiger partial charge in [0.15, 0.2) is 0 Å². The van der Waals surface area contributed by atoms with Gasteiger partial charge in [0.05, 0.1) is 3.79 Å². The Bertz CT molecular complexity index is 407. The van der Waals surface area contributed by atoms with E-state index in [9.17, 15) is 0 Å². The highest BCUT2D eigenvalue weighted by Crippen LogP contribution is 2.43. The first kappa shape index (κ1) is 17.5. The highest BCUT2D eigenvalue weighted by Gasteiger charge is 2.31. The van der Waals surface area contributed by atoms with Crippen LogP contribution in [-0.2, 0) is 6.42 Å². The van der Waals surface area contributed by atoms with E-state index in [1.807, 2.05) is 11.3 Å². The second-order valence-corrected chi connectivity index (χ2v) is 9.66. The Kier molecular flexibility index (Phi) is 7.24. The summed E-state index contributed by atoms with van der Waals surface area (Å²) < 4.78 is 1.27. The molecule has 0 aliphatic heterocycles. The average Bonchev–Trinajstić information content (AvgIpc) is 2.88. The summed E-state index contributed by atoms with van der Waals surface area (Å²) in [5.74, 6) is 0.760. The van der Waals surface area contributed by atoms with Gasteiger partial charge in [0.25, 0.3) is 0 Å². The largest absolute Gasteiger partial charge is 0.316 e. The first-order chi connectivity index (χ1) is 10.1. The molecule has 1 heterocycles. The summed E-state index contributed by atoms with van der Waals surface area (Å²) in [4.78, 5) is 1.54. The summed E-state index contributed by atoms with van der Waals surface area (Å²) >= 11 is 5.49. The van der Waals surface area contributed by atoms with Crippen molar-refractivity contribution in [3.63, 3.8) is 0 Å². The van der Waals surface area contributed by atoms with Crippen molar-refractivity contribution in [1.29, 1.82) is 0 Å². The second kappa shape index (κ2) is 8.69. The number of hydrogen-bond acceptors (Lipinski definition) is 2. The van der Waals surface area contributed by atoms with E-state index in [0.29, 0.717) is 5.41 Å². The predicted molar refractivity (Wildman–Crippen MR) is 98.2 cm³/mol. The molecule has 1 N–H and O–H groups in total. The van der Waals surface area contributed by atoms with Crippen molar-refractivity contribution in [2.75, 3.05) is 13.1 Å². The number of thiophene rings is 1. The van der Waals surface area contributed by atoms with Crippen LogP contribution in [0.1, 0.15) is 63.7 Å². The molecule has 0 bridgehead atoms. The van der Waals surface area contributed by atoms with E-state index in [-0.39, 0.29) is 0 Å². The smallest absolute Gasteiger partial charge is 0.0701 e. The maximum Gasteiger partial charge on any atom is 0.0701 e. The van der Waals surface area contributed by atoms with Gasteiger partial charge >= 0.3 is 0 Å². The van der Waals surface area contributed by atoms with E-state index in [4.69, 9.17) is 0 Å². The SMILES string of the molecule is CC(C)CNCCC1(CCc2ccc(Br)s2)CCCCC1. The fourth-order valence-electron chi connectivity index (χ4n) is 3.55. The third-order valence-corrected chi connectivity index (χ3v) is 6.51. The van der Waals surface area contributed by atoms with Crippen LogP contribution in [0.15, 0.2) is 15.9 Å². The number of hydrogen-bond donors (Lipinski definition) is 1. The predicted octanol–water partition coefficient (Wildman–Crippen LogP) is 6.03. The molecule has 1 nitrogen and oxygen atoms in total. The Morgan fingerprint density at radius 3 is 2.57 bits per heavy atom. The summed E-state index contributed by atoms with van der Waals surface area (Å²) in [7, 11) is 0. The van der Waals surface area contributed by atoms with Gasteiger partial charge in [-0.05, 0) is 84.6 Å². The van der Waals surface area contributed by atoms with Gasteiger partial charge in [-0.2, -0.15) is 0 Å². The van der Waals surface area contributed by atoms with Gasteiger partial charge in [0.1, 0.15) is 0 Å². The summed E-state index contributed by atoms with van der Waals surface area (Å²) in [5.41, 5.74) is 0.610. The summed E-state index contributed by atoms with van der Waals surface area (Å²) in [6.07, 6.45) is 11.2. The minimum atomic E-state index is 0.610. The van der Waals surface area contributed by atoms with Crippen molar-refractivity contribution in [1.82, 2.24) is 5.32 Å². The highest BCUT2D eigenvalue weighted by atomic mass is 79.9. The Morgan fingerprint density at radius 1 is 1.19 bits per heavy atom. The molecule has 1 aromatic heterocycles. The molecule has 1 aliphatic rings. The van der Waals surface area contributed by atoms with Gasteiger partial charge in [-0.1, -0.05) is 33.1 Å². The third kappa shape index (κ3) is 6.03. The lowest BCUT2D eigenvalue weighted by Gasteiger charge is -2.38. The van der Waals surface area contributed by atoms with E-state index >= 15 is 0 Å². The van der Waals surface area contributed by atoms with Crippen molar-refractivity contribution in [3.05, 3.63) is 20.8 Å². The van der Waals surface area contributed by atoms with Crippen molar-refractivity contribution < 1.29 is 0 Å². The van der Waals surface area contributed by atoms with E-state index in [1.54, 1.807) is 4.88 Å². The van der Waals surface area contributed by atoms with Crippen molar-refractivity contribution in [2.24, 2.45) is 11.3 Å². The van der Waals surface area contributed by atoms with Gasteiger partial charge < -0.3 is 5.32 Å². The number of rotatable bonds is 8. The molecule has 1 fully saturated rings. The highest BCUT2D eigenvalue weighted by molar-refractivity contribution is 9.11. The molecule has 0 atom stereocenters. The van der Waals surface area contributed by atoms with E-state index < -0.39 is 0 Å². The minimum absolute atomic E-state index is 0.610. The molecule has 0 radical (unpaired) electrons. The molecule has 3 heteroatoms. The van der Waals surface area contributed by atoms with Gasteiger partial charge in [-0.15, -0.1) is 11.3 Å². The van der Waals surface area contributed by atoms with E-state index in [0.717, 1.165) is 12.5 Å². The molecule has 1 aromatic rings. The van der Waals surface area contributed by atoms with Gasteiger partial charge in [0.2, 0.25) is 0 Å². The Balaban J connectivity index is 1.83. The first-order valence-electron chi connectivity index (χ1n) is 8.55. The van der Waals surface area contributed by atoms with Gasteiger partial charge in [-0.3, -0.25) is 0 Å². The Labute approximate surface area is 143 Å². The lowest BCUT2D eigenvalue weighted by atomic mass is 9.69. The minimum Gasteiger partial charge on any atom is -0.316 e. The molecular weight excluding hydrogens is 342 g/mol. The first-order valence-corrected chi connectivity index (χ1v) is 10.2. The van der Waals surface area contributed by atoms with Gasteiger partial charge in [0, 0.05) is 4.88 Å². The molecule has 1 aliphatic carbocycles. The molecule has 0 spiro atoms. The lowest BCUT2D eigenvalue weighted by molar-refractivity contribution is 0.156. The number of aryl methyl sites for hydroxylation is 1. The zero-order valence-electron chi connectivity index (χ0n) is 13.6. The molecule has 0 aromatic carbocycles. The molecular formula is C18H30BrNS. The van der Waals surface area contributed by atoms with Crippen LogP contribution in [0.3, 0.4) is 0 Å². The van der Waals surface area contributed by atoms with Crippen LogP contribution in [0, 0.1) is 11.3 Å². The molecule has 21 heavy (non-hydrogen) atoms. The zero-order chi connectivity index (χ0) is 15.1. The van der Waals surface area contributed by atoms with Crippen LogP contribution >= 0.6 is 27.3 Å². The molecule has 1 saturated carbocycles. The topological polar surface area (TPSA) is 12.0 Å². The van der Waals surface area contributed by atoms with Crippen LogP contribution in [-0.4, -0.2) is 13.1 Å².